The molecule has 1 amide bonds. The number of allylic oxidation sites excluding steroid dienone is 1. The van der Waals surface area contributed by atoms with Crippen LogP contribution < -0.4 is 10.6 Å². The normalized spacial score (nSPS) is 18.1. The number of nitrogens with one attached hydrogen (secondary N) is 2. The summed E-state index contributed by atoms with van der Waals surface area (Å²) in [5, 5.41) is 6.53. The SMILES string of the molecule is CC(C)=CO[C@H]1NC(=O)[C@H]1NC(c1ccccc1)(c1ccccc1)c1ccccc1. The fourth-order valence-electron chi connectivity index (χ4n) is 3.87. The van der Waals surface area contributed by atoms with Gasteiger partial charge in [-0.25, -0.2) is 0 Å². The van der Waals surface area contributed by atoms with Crippen molar-refractivity contribution in [2.45, 2.75) is 31.7 Å². The Morgan fingerprint density at radius 1 is 0.833 bits per heavy atom. The van der Waals surface area contributed by atoms with Crippen LogP contribution >= 0.6 is 0 Å². The van der Waals surface area contributed by atoms with Crippen molar-refractivity contribution in [1.29, 1.82) is 0 Å². The van der Waals surface area contributed by atoms with Gasteiger partial charge >= 0.3 is 0 Å². The van der Waals surface area contributed by atoms with Gasteiger partial charge in [0, 0.05) is 0 Å². The predicted molar refractivity (Wildman–Crippen MR) is 119 cm³/mol. The largest absolute Gasteiger partial charge is 0.476 e. The molecule has 1 fully saturated rings. The van der Waals surface area contributed by atoms with E-state index in [4.69, 9.17) is 4.74 Å². The molecular weight excluding hydrogens is 372 g/mol. The van der Waals surface area contributed by atoms with E-state index in [1.807, 2.05) is 68.4 Å². The Labute approximate surface area is 177 Å². The second-order valence-electron chi connectivity index (χ2n) is 7.73. The Morgan fingerprint density at radius 2 is 1.27 bits per heavy atom. The van der Waals surface area contributed by atoms with E-state index in [1.165, 1.54) is 0 Å². The summed E-state index contributed by atoms with van der Waals surface area (Å²) in [4.78, 5) is 12.6. The van der Waals surface area contributed by atoms with Crippen LogP contribution in [0.2, 0.25) is 0 Å². The third-order valence-electron chi connectivity index (χ3n) is 5.31. The van der Waals surface area contributed by atoms with Crippen LogP contribution in [-0.4, -0.2) is 18.2 Å². The van der Waals surface area contributed by atoms with Gasteiger partial charge in [0.2, 0.25) is 5.91 Å². The van der Waals surface area contributed by atoms with Gasteiger partial charge in [-0.1, -0.05) is 91.0 Å². The maximum Gasteiger partial charge on any atom is 0.245 e. The van der Waals surface area contributed by atoms with Crippen molar-refractivity contribution in [1.82, 2.24) is 10.6 Å². The van der Waals surface area contributed by atoms with Crippen LogP contribution in [0.5, 0.6) is 0 Å². The third-order valence-corrected chi connectivity index (χ3v) is 5.31. The van der Waals surface area contributed by atoms with E-state index in [9.17, 15) is 4.79 Å². The minimum absolute atomic E-state index is 0.0747. The summed E-state index contributed by atoms with van der Waals surface area (Å²) in [7, 11) is 0. The number of hydrogen-bond donors (Lipinski definition) is 2. The number of ether oxygens (including phenoxy) is 1. The highest BCUT2D eigenvalue weighted by Gasteiger charge is 2.48. The molecule has 3 aromatic carbocycles. The lowest BCUT2D eigenvalue weighted by molar-refractivity contribution is -0.143. The fraction of sp³-hybridized carbons (Fsp3) is 0.192. The number of rotatable bonds is 7. The first-order valence-corrected chi connectivity index (χ1v) is 10.1. The molecule has 0 aliphatic carbocycles. The molecule has 0 unspecified atom stereocenters. The molecule has 0 aromatic heterocycles. The van der Waals surface area contributed by atoms with Crippen molar-refractivity contribution in [3.05, 3.63) is 120 Å². The molecule has 2 N–H and O–H groups in total. The summed E-state index contributed by atoms with van der Waals surface area (Å²) in [6, 6.07) is 30.2. The molecule has 30 heavy (non-hydrogen) atoms. The van der Waals surface area contributed by atoms with Crippen LogP contribution in [0.3, 0.4) is 0 Å². The lowest BCUT2D eigenvalue weighted by Crippen LogP contribution is -2.72. The van der Waals surface area contributed by atoms with Crippen molar-refractivity contribution < 1.29 is 9.53 Å². The highest BCUT2D eigenvalue weighted by atomic mass is 16.5. The Bertz CT molecular complexity index is 916. The van der Waals surface area contributed by atoms with Gasteiger partial charge in [0.05, 0.1) is 11.8 Å². The predicted octanol–water partition coefficient (Wildman–Crippen LogP) is 4.33. The lowest BCUT2D eigenvalue weighted by atomic mass is 9.76. The summed E-state index contributed by atoms with van der Waals surface area (Å²) in [5.41, 5.74) is 3.50. The highest BCUT2D eigenvalue weighted by Crippen LogP contribution is 2.38. The average Bonchev–Trinajstić information content (AvgIpc) is 2.79. The van der Waals surface area contributed by atoms with Crippen molar-refractivity contribution in [3.63, 3.8) is 0 Å². The van der Waals surface area contributed by atoms with Gasteiger partial charge in [0.25, 0.3) is 0 Å². The molecule has 4 nitrogen and oxygen atoms in total. The molecule has 152 valence electrons. The quantitative estimate of drug-likeness (QED) is 0.354. The van der Waals surface area contributed by atoms with E-state index in [2.05, 4.69) is 47.0 Å². The summed E-state index contributed by atoms with van der Waals surface area (Å²) < 4.78 is 5.82. The molecule has 1 heterocycles. The zero-order valence-corrected chi connectivity index (χ0v) is 17.2. The van der Waals surface area contributed by atoms with Gasteiger partial charge in [-0.05, 0) is 36.1 Å². The number of benzene rings is 3. The summed E-state index contributed by atoms with van der Waals surface area (Å²) in [5.74, 6) is -0.0747. The second kappa shape index (κ2) is 8.56. The standard InChI is InChI=1S/C26H26N2O2/c1-19(2)18-30-25-23(24(29)27-25)28-26(20-12-6-3-7-13-20,21-14-8-4-9-15-21)22-16-10-5-11-17-22/h3-18,23,25,28H,1-2H3,(H,27,29)/t23-,25-/m1/s1. The van der Waals surface area contributed by atoms with E-state index in [-0.39, 0.29) is 5.91 Å². The van der Waals surface area contributed by atoms with Crippen molar-refractivity contribution in [3.8, 4) is 0 Å². The Hall–Kier alpha value is -3.37. The summed E-state index contributed by atoms with van der Waals surface area (Å²) in [6.07, 6.45) is 1.26. The van der Waals surface area contributed by atoms with E-state index >= 15 is 0 Å². The van der Waals surface area contributed by atoms with Gasteiger partial charge in [-0.15, -0.1) is 0 Å². The van der Waals surface area contributed by atoms with Crippen molar-refractivity contribution in [2.24, 2.45) is 0 Å². The van der Waals surface area contributed by atoms with Crippen LogP contribution in [0, 0.1) is 0 Å². The minimum atomic E-state index is -0.710. The van der Waals surface area contributed by atoms with Crippen LogP contribution in [0.25, 0.3) is 0 Å². The molecule has 3 aromatic rings. The summed E-state index contributed by atoms with van der Waals surface area (Å²) >= 11 is 0. The highest BCUT2D eigenvalue weighted by molar-refractivity contribution is 5.89. The smallest absolute Gasteiger partial charge is 0.245 e. The van der Waals surface area contributed by atoms with Crippen molar-refractivity contribution in [2.75, 3.05) is 0 Å². The second-order valence-corrected chi connectivity index (χ2v) is 7.73. The monoisotopic (exact) mass is 398 g/mol. The number of carbonyl (C=O) groups is 1. The first-order chi connectivity index (χ1) is 14.6. The van der Waals surface area contributed by atoms with Gasteiger partial charge < -0.3 is 10.1 Å². The third kappa shape index (κ3) is 3.74. The molecule has 0 radical (unpaired) electrons. The fourth-order valence-corrected chi connectivity index (χ4v) is 3.87. The molecule has 0 spiro atoms. The molecular formula is C26H26N2O2. The van der Waals surface area contributed by atoms with Gasteiger partial charge in [0.15, 0.2) is 6.23 Å². The van der Waals surface area contributed by atoms with E-state index in [0.29, 0.717) is 0 Å². The van der Waals surface area contributed by atoms with Gasteiger partial charge in [-0.2, -0.15) is 0 Å². The minimum Gasteiger partial charge on any atom is -0.476 e. The van der Waals surface area contributed by atoms with E-state index in [1.54, 1.807) is 6.26 Å². The molecule has 4 rings (SSSR count). The lowest BCUT2D eigenvalue weighted by Gasteiger charge is -2.45. The Kier molecular flexibility index (Phi) is 5.68. The maximum atomic E-state index is 12.6. The number of β-lactam (4-membered cyclic amide) rings is 1. The first-order valence-electron chi connectivity index (χ1n) is 10.1. The number of hydrogen-bond acceptors (Lipinski definition) is 3. The molecule has 2 atom stereocenters. The first kappa shape index (κ1) is 19.9. The van der Waals surface area contributed by atoms with Crippen LogP contribution in [-0.2, 0) is 15.1 Å². The maximum absolute atomic E-state index is 12.6. The topological polar surface area (TPSA) is 50.4 Å². The molecule has 1 aliphatic rings. The molecule has 4 heteroatoms. The van der Waals surface area contributed by atoms with Gasteiger partial charge in [0.1, 0.15) is 6.04 Å². The van der Waals surface area contributed by atoms with E-state index < -0.39 is 17.8 Å². The molecule has 0 bridgehead atoms. The van der Waals surface area contributed by atoms with Crippen LogP contribution in [0.1, 0.15) is 30.5 Å². The molecule has 0 saturated carbocycles. The average molecular weight is 399 g/mol. The number of amides is 1. The van der Waals surface area contributed by atoms with Crippen LogP contribution in [0.15, 0.2) is 103 Å². The van der Waals surface area contributed by atoms with Gasteiger partial charge in [-0.3, -0.25) is 10.1 Å². The zero-order valence-electron chi connectivity index (χ0n) is 17.2. The van der Waals surface area contributed by atoms with Crippen molar-refractivity contribution >= 4 is 5.91 Å². The number of carbonyl (C=O) groups excluding carboxylic acids is 1. The zero-order chi connectivity index (χ0) is 21.0. The Morgan fingerprint density at radius 3 is 1.63 bits per heavy atom. The van der Waals surface area contributed by atoms with E-state index in [0.717, 1.165) is 22.3 Å². The summed E-state index contributed by atoms with van der Waals surface area (Å²) in [6.45, 7) is 3.93. The molecule has 1 saturated heterocycles. The Balaban J connectivity index is 1.85. The van der Waals surface area contributed by atoms with Crippen LogP contribution in [0.4, 0.5) is 0 Å². The molecule has 1 aliphatic heterocycles.